The molecule has 0 aromatic heterocycles. The second-order valence-corrected chi connectivity index (χ2v) is 2.04. The van der Waals surface area contributed by atoms with Crippen LogP contribution in [0.5, 0.6) is 0 Å². The second-order valence-electron chi connectivity index (χ2n) is 2.04. The molecule has 0 fully saturated rings. The lowest BCUT2D eigenvalue weighted by Crippen LogP contribution is -1.87. The molecular formula is C7H4N2O2. The molecule has 2 aliphatic heterocycles. The van der Waals surface area contributed by atoms with E-state index in [9.17, 15) is 4.79 Å². The summed E-state index contributed by atoms with van der Waals surface area (Å²) in [6.07, 6.45) is 5.01. The summed E-state index contributed by atoms with van der Waals surface area (Å²) >= 11 is 0. The average Bonchev–Trinajstić information content (AvgIpc) is 2.50. The Morgan fingerprint density at radius 2 is 2.36 bits per heavy atom. The van der Waals surface area contributed by atoms with Gasteiger partial charge in [0.15, 0.2) is 18.4 Å². The number of carbonyl (C=O) groups is 1. The highest BCUT2D eigenvalue weighted by Gasteiger charge is 2.10. The molecule has 4 nitrogen and oxygen atoms in total. The molecule has 0 radical (unpaired) electrons. The van der Waals surface area contributed by atoms with Crippen LogP contribution >= 0.6 is 0 Å². The first-order valence-corrected chi connectivity index (χ1v) is 3.04. The van der Waals surface area contributed by atoms with Crippen LogP contribution in [-0.2, 0) is 0 Å². The monoisotopic (exact) mass is 148 g/mol. The van der Waals surface area contributed by atoms with Gasteiger partial charge in [-0.15, -0.1) is 0 Å². The smallest absolute Gasteiger partial charge is 0.186 e. The first-order valence-electron chi connectivity index (χ1n) is 3.04. The van der Waals surface area contributed by atoms with Crippen LogP contribution in [0.3, 0.4) is 0 Å². The van der Waals surface area contributed by atoms with Crippen molar-refractivity contribution >= 4 is 6.29 Å². The van der Waals surface area contributed by atoms with Crippen LogP contribution in [0.1, 0.15) is 10.6 Å². The number of aromatic nitrogens is 2. The lowest BCUT2D eigenvalue weighted by molar-refractivity contribution is 0.109. The van der Waals surface area contributed by atoms with Crippen molar-refractivity contribution in [3.05, 3.63) is 24.5 Å². The lowest BCUT2D eigenvalue weighted by Gasteiger charge is -1.95. The van der Waals surface area contributed by atoms with Crippen molar-refractivity contribution in [1.82, 2.24) is 9.97 Å². The van der Waals surface area contributed by atoms with Crippen molar-refractivity contribution in [2.75, 3.05) is 0 Å². The van der Waals surface area contributed by atoms with Gasteiger partial charge in [-0.3, -0.25) is 9.78 Å². The van der Waals surface area contributed by atoms with Crippen LogP contribution in [-0.4, -0.2) is 16.3 Å². The van der Waals surface area contributed by atoms with E-state index in [4.69, 9.17) is 4.42 Å². The fourth-order valence-electron chi connectivity index (χ4n) is 0.905. The molecule has 2 rings (SSSR count). The molecule has 0 saturated heterocycles. The maximum Gasteiger partial charge on any atom is 0.186 e. The fourth-order valence-corrected chi connectivity index (χ4v) is 0.905. The van der Waals surface area contributed by atoms with Gasteiger partial charge < -0.3 is 4.42 Å². The minimum Gasteiger partial charge on any atom is -0.442 e. The van der Waals surface area contributed by atoms with Crippen LogP contribution < -0.4 is 0 Å². The molecule has 0 aliphatic carbocycles. The van der Waals surface area contributed by atoms with Gasteiger partial charge in [-0.25, -0.2) is 4.98 Å². The zero-order valence-electron chi connectivity index (χ0n) is 5.52. The Hall–Kier alpha value is -1.71. The molecule has 0 bridgehead atoms. The molecule has 0 aromatic rings. The summed E-state index contributed by atoms with van der Waals surface area (Å²) in [5, 5.41) is 0. The molecule has 54 valence electrons. The Bertz CT molecular complexity index is 356. The first-order chi connectivity index (χ1) is 5.42. The number of fused-ring (bicyclic) bond motifs is 1. The SMILES string of the molecule is O=Cc1ocnc2cncc1-2. The van der Waals surface area contributed by atoms with E-state index >= 15 is 0 Å². The van der Waals surface area contributed by atoms with E-state index < -0.39 is 0 Å². The lowest BCUT2D eigenvalue weighted by atomic mass is 10.2. The third-order valence-electron chi connectivity index (χ3n) is 1.42. The second kappa shape index (κ2) is 2.16. The molecule has 0 N–H and O–H groups in total. The fraction of sp³-hybridized carbons (Fsp3) is 0. The Morgan fingerprint density at radius 1 is 1.45 bits per heavy atom. The van der Waals surface area contributed by atoms with Crippen molar-refractivity contribution in [2.45, 2.75) is 0 Å². The van der Waals surface area contributed by atoms with Crippen molar-refractivity contribution in [1.29, 1.82) is 0 Å². The molecule has 0 aromatic carbocycles. The van der Waals surface area contributed by atoms with E-state index in [0.717, 1.165) is 0 Å². The van der Waals surface area contributed by atoms with Gasteiger partial charge in [0.25, 0.3) is 0 Å². The Labute approximate surface area is 62.2 Å². The first kappa shape index (κ1) is 6.03. The van der Waals surface area contributed by atoms with Crippen molar-refractivity contribution in [3.8, 4) is 11.3 Å². The normalized spacial score (nSPS) is 10.2. The number of nitrogens with zero attached hydrogens (tertiary/aromatic N) is 2. The van der Waals surface area contributed by atoms with E-state index in [1.807, 2.05) is 0 Å². The summed E-state index contributed by atoms with van der Waals surface area (Å²) in [5.74, 6) is 0.271. The zero-order chi connectivity index (χ0) is 7.68. The van der Waals surface area contributed by atoms with Gasteiger partial charge in [-0.2, -0.15) is 0 Å². The predicted octanol–water partition coefficient (Wildman–Crippen LogP) is 0.987. The molecule has 2 heterocycles. The number of rotatable bonds is 1. The molecule has 4 heteroatoms. The van der Waals surface area contributed by atoms with Crippen molar-refractivity contribution in [3.63, 3.8) is 0 Å². The van der Waals surface area contributed by atoms with E-state index in [1.54, 1.807) is 12.4 Å². The molecule has 0 saturated carbocycles. The van der Waals surface area contributed by atoms with Crippen LogP contribution in [0.25, 0.3) is 11.3 Å². The molecule has 11 heavy (non-hydrogen) atoms. The summed E-state index contributed by atoms with van der Waals surface area (Å²) in [6, 6.07) is 0. The van der Waals surface area contributed by atoms with Crippen LogP contribution in [0.4, 0.5) is 0 Å². The van der Waals surface area contributed by atoms with Gasteiger partial charge in [0.05, 0.1) is 17.5 Å². The van der Waals surface area contributed by atoms with E-state index in [0.29, 0.717) is 17.5 Å². The molecule has 0 atom stereocenters. The van der Waals surface area contributed by atoms with Gasteiger partial charge in [-0.1, -0.05) is 0 Å². The highest BCUT2D eigenvalue weighted by Crippen LogP contribution is 2.20. The minimum atomic E-state index is 0.271. The maximum atomic E-state index is 10.4. The van der Waals surface area contributed by atoms with Gasteiger partial charge >= 0.3 is 0 Å². The quantitative estimate of drug-likeness (QED) is 0.566. The standard InChI is InChI=1S/C7H4N2O2/c10-3-7-5-1-8-2-6(5)9-4-11-7/h1-4H. The maximum absolute atomic E-state index is 10.4. The van der Waals surface area contributed by atoms with Crippen LogP contribution in [0.15, 0.2) is 23.2 Å². The van der Waals surface area contributed by atoms with Crippen LogP contribution in [0, 0.1) is 0 Å². The Balaban J connectivity index is 2.75. The van der Waals surface area contributed by atoms with Crippen molar-refractivity contribution in [2.24, 2.45) is 0 Å². The van der Waals surface area contributed by atoms with Crippen molar-refractivity contribution < 1.29 is 9.21 Å². The molecular weight excluding hydrogens is 144 g/mol. The Morgan fingerprint density at radius 3 is 3.18 bits per heavy atom. The molecule has 0 amide bonds. The number of aldehydes is 1. The van der Waals surface area contributed by atoms with Gasteiger partial charge in [-0.05, 0) is 0 Å². The molecule has 2 aliphatic rings. The zero-order valence-corrected chi connectivity index (χ0v) is 5.52. The average molecular weight is 148 g/mol. The van der Waals surface area contributed by atoms with E-state index in [1.165, 1.54) is 6.39 Å². The topological polar surface area (TPSA) is 56.0 Å². The molecule has 0 spiro atoms. The van der Waals surface area contributed by atoms with Gasteiger partial charge in [0, 0.05) is 6.20 Å². The minimum absolute atomic E-state index is 0.271. The highest BCUT2D eigenvalue weighted by atomic mass is 16.3. The van der Waals surface area contributed by atoms with Gasteiger partial charge in [0.1, 0.15) is 0 Å². The third kappa shape index (κ3) is 0.797. The van der Waals surface area contributed by atoms with Gasteiger partial charge in [0.2, 0.25) is 0 Å². The molecule has 0 unspecified atom stereocenters. The van der Waals surface area contributed by atoms with E-state index in [2.05, 4.69) is 9.97 Å². The summed E-state index contributed by atoms with van der Waals surface area (Å²) < 4.78 is 4.83. The predicted molar refractivity (Wildman–Crippen MR) is 36.3 cm³/mol. The van der Waals surface area contributed by atoms with E-state index in [-0.39, 0.29) is 5.76 Å². The summed E-state index contributed by atoms with van der Waals surface area (Å²) in [5.41, 5.74) is 1.33. The highest BCUT2D eigenvalue weighted by molar-refractivity contribution is 5.82. The summed E-state index contributed by atoms with van der Waals surface area (Å²) in [7, 11) is 0. The Kier molecular flexibility index (Phi) is 1.18. The number of hydrogen-bond donors (Lipinski definition) is 0. The van der Waals surface area contributed by atoms with Crippen LogP contribution in [0.2, 0.25) is 0 Å². The summed E-state index contributed by atoms with van der Waals surface area (Å²) in [4.78, 5) is 18.1. The summed E-state index contributed by atoms with van der Waals surface area (Å²) in [6.45, 7) is 0. The number of carbonyl (C=O) groups excluding carboxylic acids is 1. The number of hydrogen-bond acceptors (Lipinski definition) is 4. The largest absolute Gasteiger partial charge is 0.442 e. The third-order valence-corrected chi connectivity index (χ3v) is 1.42.